The van der Waals surface area contributed by atoms with E-state index in [0.717, 1.165) is 64.2 Å². The molecule has 1 atom stereocenters. The van der Waals surface area contributed by atoms with Crippen LogP contribution in [-0.4, -0.2) is 23.1 Å². The third-order valence-corrected chi connectivity index (χ3v) is 6.85. The lowest BCUT2D eigenvalue weighted by Gasteiger charge is -2.14. The van der Waals surface area contributed by atoms with Gasteiger partial charge in [0.05, 0.1) is 0 Å². The highest BCUT2D eigenvalue weighted by molar-refractivity contribution is 5.69. The Morgan fingerprint density at radius 1 is 0.605 bits per heavy atom. The zero-order valence-corrected chi connectivity index (χ0v) is 25.0. The SMILES string of the molecule is CCCCC/C=C\C/C=C\C/C=C\C(CCCCCCCC(=O)O)OC(=O)CCCCCCCCCCC. The van der Waals surface area contributed by atoms with Gasteiger partial charge >= 0.3 is 11.9 Å². The van der Waals surface area contributed by atoms with Crippen LogP contribution in [-0.2, 0) is 14.3 Å². The minimum Gasteiger partial charge on any atom is -0.481 e. The number of allylic oxidation sites excluding steroid dienone is 5. The summed E-state index contributed by atoms with van der Waals surface area (Å²) in [4.78, 5) is 23.1. The van der Waals surface area contributed by atoms with Gasteiger partial charge in [0.2, 0.25) is 0 Å². The highest BCUT2D eigenvalue weighted by Crippen LogP contribution is 2.15. The van der Waals surface area contributed by atoms with Crippen molar-refractivity contribution in [3.8, 4) is 0 Å². The Labute approximate surface area is 235 Å². The van der Waals surface area contributed by atoms with Crippen molar-refractivity contribution in [3.63, 3.8) is 0 Å². The van der Waals surface area contributed by atoms with Crippen molar-refractivity contribution in [3.05, 3.63) is 36.5 Å². The molecule has 0 aromatic heterocycles. The summed E-state index contributed by atoms with van der Waals surface area (Å²) in [7, 11) is 0. The number of carboxylic acid groups (broad SMARTS) is 1. The second kappa shape index (κ2) is 29.7. The Balaban J connectivity index is 4.29. The van der Waals surface area contributed by atoms with E-state index < -0.39 is 5.97 Å². The Kier molecular flexibility index (Phi) is 28.3. The molecular formula is C34H60O4. The quantitative estimate of drug-likeness (QED) is 0.0618. The molecule has 0 radical (unpaired) electrons. The summed E-state index contributed by atoms with van der Waals surface area (Å²) in [5.74, 6) is -0.793. The molecule has 38 heavy (non-hydrogen) atoms. The molecule has 0 aromatic rings. The van der Waals surface area contributed by atoms with Crippen molar-refractivity contribution in [1.29, 1.82) is 0 Å². The number of hydrogen-bond acceptors (Lipinski definition) is 3. The predicted molar refractivity (Wildman–Crippen MR) is 162 cm³/mol. The van der Waals surface area contributed by atoms with Crippen LogP contribution in [0.4, 0.5) is 0 Å². The topological polar surface area (TPSA) is 63.6 Å². The van der Waals surface area contributed by atoms with Crippen LogP contribution in [0.5, 0.6) is 0 Å². The van der Waals surface area contributed by atoms with Crippen LogP contribution in [0.15, 0.2) is 36.5 Å². The number of carbonyl (C=O) groups is 2. The second-order valence-corrected chi connectivity index (χ2v) is 10.6. The maximum atomic E-state index is 12.5. The smallest absolute Gasteiger partial charge is 0.306 e. The highest BCUT2D eigenvalue weighted by Gasteiger charge is 2.11. The van der Waals surface area contributed by atoms with Gasteiger partial charge < -0.3 is 9.84 Å². The van der Waals surface area contributed by atoms with Gasteiger partial charge in [-0.25, -0.2) is 0 Å². The molecule has 4 heteroatoms. The molecule has 0 amide bonds. The molecule has 0 saturated heterocycles. The van der Waals surface area contributed by atoms with E-state index in [1.165, 1.54) is 70.6 Å². The summed E-state index contributed by atoms with van der Waals surface area (Å²) in [6, 6.07) is 0. The van der Waals surface area contributed by atoms with E-state index in [4.69, 9.17) is 9.84 Å². The van der Waals surface area contributed by atoms with Gasteiger partial charge in [-0.1, -0.05) is 128 Å². The largest absolute Gasteiger partial charge is 0.481 e. The van der Waals surface area contributed by atoms with E-state index in [2.05, 4.69) is 50.3 Å². The first-order chi connectivity index (χ1) is 18.6. The zero-order chi connectivity index (χ0) is 27.9. The lowest BCUT2D eigenvalue weighted by molar-refractivity contribution is -0.147. The van der Waals surface area contributed by atoms with Crippen molar-refractivity contribution in [2.75, 3.05) is 0 Å². The fourth-order valence-corrected chi connectivity index (χ4v) is 4.46. The van der Waals surface area contributed by atoms with Crippen molar-refractivity contribution >= 4 is 11.9 Å². The van der Waals surface area contributed by atoms with E-state index in [1.54, 1.807) is 0 Å². The second-order valence-electron chi connectivity index (χ2n) is 10.6. The van der Waals surface area contributed by atoms with Crippen LogP contribution in [0.2, 0.25) is 0 Å². The standard InChI is InChI=1S/C34H60O4/c1-3-5-7-9-11-13-14-16-17-20-24-28-32(29-25-21-19-22-26-30-33(35)36)38-34(37)31-27-23-18-15-12-10-8-6-4-2/h11,13,16-17,24,28,32H,3-10,12,14-15,18-23,25-27,29-31H2,1-2H3,(H,35,36)/b13-11-,17-16-,28-24-. The highest BCUT2D eigenvalue weighted by atomic mass is 16.5. The summed E-state index contributed by atoms with van der Waals surface area (Å²) in [6.07, 6.45) is 37.3. The van der Waals surface area contributed by atoms with Gasteiger partial charge in [-0.15, -0.1) is 0 Å². The summed E-state index contributed by atoms with van der Waals surface area (Å²) in [5, 5.41) is 8.76. The molecule has 220 valence electrons. The van der Waals surface area contributed by atoms with E-state index >= 15 is 0 Å². The van der Waals surface area contributed by atoms with Crippen LogP contribution in [0.3, 0.4) is 0 Å². The van der Waals surface area contributed by atoms with Crippen molar-refractivity contribution in [2.45, 2.75) is 168 Å². The number of unbranched alkanes of at least 4 members (excludes halogenated alkanes) is 15. The van der Waals surface area contributed by atoms with Crippen LogP contribution >= 0.6 is 0 Å². The Bertz CT molecular complexity index is 620. The van der Waals surface area contributed by atoms with Crippen LogP contribution in [0, 0.1) is 0 Å². The first-order valence-electron chi connectivity index (χ1n) is 16.0. The monoisotopic (exact) mass is 532 g/mol. The average molecular weight is 533 g/mol. The van der Waals surface area contributed by atoms with E-state index in [-0.39, 0.29) is 18.5 Å². The number of esters is 1. The fraction of sp³-hybridized carbons (Fsp3) is 0.765. The van der Waals surface area contributed by atoms with Crippen LogP contribution < -0.4 is 0 Å². The molecule has 0 fully saturated rings. The van der Waals surface area contributed by atoms with Crippen LogP contribution in [0.25, 0.3) is 0 Å². The maximum absolute atomic E-state index is 12.5. The predicted octanol–water partition coefficient (Wildman–Crippen LogP) is 10.7. The number of aliphatic carboxylic acids is 1. The molecule has 1 unspecified atom stereocenters. The van der Waals surface area contributed by atoms with Gasteiger partial charge in [0.25, 0.3) is 0 Å². The summed E-state index contributed by atoms with van der Waals surface area (Å²) in [5.41, 5.74) is 0. The van der Waals surface area contributed by atoms with Crippen LogP contribution in [0.1, 0.15) is 162 Å². The third kappa shape index (κ3) is 28.7. The minimum atomic E-state index is -0.717. The van der Waals surface area contributed by atoms with Crippen molar-refractivity contribution < 1.29 is 19.4 Å². The zero-order valence-electron chi connectivity index (χ0n) is 25.0. The van der Waals surface area contributed by atoms with E-state index in [1.807, 2.05) is 0 Å². The Morgan fingerprint density at radius 2 is 1.11 bits per heavy atom. The number of ether oxygens (including phenoxy) is 1. The first kappa shape index (κ1) is 36.2. The molecular weight excluding hydrogens is 472 g/mol. The van der Waals surface area contributed by atoms with E-state index in [9.17, 15) is 9.59 Å². The molecule has 0 aliphatic rings. The van der Waals surface area contributed by atoms with Crippen molar-refractivity contribution in [2.24, 2.45) is 0 Å². The molecule has 0 heterocycles. The summed E-state index contributed by atoms with van der Waals surface area (Å²) >= 11 is 0. The molecule has 0 saturated carbocycles. The lowest BCUT2D eigenvalue weighted by atomic mass is 10.1. The molecule has 0 aliphatic carbocycles. The molecule has 0 rings (SSSR count). The Hall–Kier alpha value is -1.84. The average Bonchev–Trinajstić information content (AvgIpc) is 2.89. The summed E-state index contributed by atoms with van der Waals surface area (Å²) in [6.45, 7) is 4.48. The Morgan fingerprint density at radius 3 is 1.74 bits per heavy atom. The fourth-order valence-electron chi connectivity index (χ4n) is 4.46. The van der Waals surface area contributed by atoms with Gasteiger partial charge in [0.1, 0.15) is 6.10 Å². The van der Waals surface area contributed by atoms with Crippen molar-refractivity contribution in [1.82, 2.24) is 0 Å². The van der Waals surface area contributed by atoms with E-state index in [0.29, 0.717) is 6.42 Å². The van der Waals surface area contributed by atoms with Gasteiger partial charge in [0.15, 0.2) is 0 Å². The number of hydrogen-bond donors (Lipinski definition) is 1. The number of rotatable bonds is 28. The molecule has 1 N–H and O–H groups in total. The van der Waals surface area contributed by atoms with Gasteiger partial charge in [-0.3, -0.25) is 9.59 Å². The van der Waals surface area contributed by atoms with Gasteiger partial charge in [-0.05, 0) is 57.4 Å². The number of carbonyl (C=O) groups excluding carboxylic acids is 1. The van der Waals surface area contributed by atoms with Gasteiger partial charge in [-0.2, -0.15) is 0 Å². The first-order valence-corrected chi connectivity index (χ1v) is 16.0. The minimum absolute atomic E-state index is 0.0761. The molecule has 0 aliphatic heterocycles. The lowest BCUT2D eigenvalue weighted by Crippen LogP contribution is -2.16. The molecule has 4 nitrogen and oxygen atoms in total. The normalized spacial score (nSPS) is 12.7. The number of carboxylic acids is 1. The van der Waals surface area contributed by atoms with Gasteiger partial charge in [0, 0.05) is 12.8 Å². The molecule has 0 bridgehead atoms. The third-order valence-electron chi connectivity index (χ3n) is 6.85. The summed E-state index contributed by atoms with van der Waals surface area (Å²) < 4.78 is 5.83. The maximum Gasteiger partial charge on any atom is 0.306 e. The molecule has 0 aromatic carbocycles. The molecule has 0 spiro atoms.